The Bertz CT molecular complexity index is 1270. The van der Waals surface area contributed by atoms with E-state index in [-0.39, 0.29) is 23.8 Å². The van der Waals surface area contributed by atoms with Crippen molar-refractivity contribution in [1.29, 1.82) is 0 Å². The first kappa shape index (κ1) is 30.1. The number of carbonyl (C=O) groups is 1. The van der Waals surface area contributed by atoms with E-state index in [1.165, 1.54) is 50.5 Å². The molecule has 5 nitrogen and oxygen atoms in total. The van der Waals surface area contributed by atoms with Crippen LogP contribution in [0.25, 0.3) is 0 Å². The molecule has 0 aromatic heterocycles. The lowest BCUT2D eigenvalue weighted by Gasteiger charge is -2.64. The van der Waals surface area contributed by atoms with Crippen molar-refractivity contribution in [2.24, 2.45) is 44.8 Å². The van der Waals surface area contributed by atoms with Crippen molar-refractivity contribution >= 4 is 6.09 Å². The minimum Gasteiger partial charge on any atom is -0.444 e. The number of rotatable bonds is 2. The minimum absolute atomic E-state index is 0.0415. The summed E-state index contributed by atoms with van der Waals surface area (Å²) in [5.41, 5.74) is 2.40. The van der Waals surface area contributed by atoms with Crippen LogP contribution in [0.5, 0.6) is 0 Å². The van der Waals surface area contributed by atoms with Gasteiger partial charge < -0.3 is 14.4 Å². The van der Waals surface area contributed by atoms with Gasteiger partial charge in [-0.1, -0.05) is 58.0 Å². The predicted molar refractivity (Wildman–Crippen MR) is 171 cm³/mol. The van der Waals surface area contributed by atoms with Crippen LogP contribution < -0.4 is 0 Å². The fraction of sp³-hybridized carbons (Fsp3) is 0.816. The fourth-order valence-electron chi connectivity index (χ4n) is 13.2. The summed E-state index contributed by atoms with van der Waals surface area (Å²) < 4.78 is 13.0. The van der Waals surface area contributed by atoms with Gasteiger partial charge in [0, 0.05) is 25.0 Å². The lowest BCUT2D eigenvalue weighted by molar-refractivity contribution is -0.197. The summed E-state index contributed by atoms with van der Waals surface area (Å²) in [4.78, 5) is 17.7. The van der Waals surface area contributed by atoms with Crippen LogP contribution >= 0.6 is 0 Å². The smallest absolute Gasteiger partial charge is 0.410 e. The molecule has 1 heterocycles. The topological polar surface area (TPSA) is 42.0 Å². The summed E-state index contributed by atoms with van der Waals surface area (Å²) in [7, 11) is 4.28. The third-order valence-electron chi connectivity index (χ3n) is 15.2. The van der Waals surface area contributed by atoms with Crippen LogP contribution in [0.4, 0.5) is 4.79 Å². The van der Waals surface area contributed by atoms with Gasteiger partial charge in [-0.25, -0.2) is 4.79 Å². The van der Waals surface area contributed by atoms with Gasteiger partial charge in [-0.2, -0.15) is 0 Å². The van der Waals surface area contributed by atoms with Gasteiger partial charge in [-0.15, -0.1) is 0 Å². The monoisotopic (exact) mass is 590 g/mol. The van der Waals surface area contributed by atoms with Gasteiger partial charge in [0.05, 0.1) is 6.10 Å². The zero-order chi connectivity index (χ0) is 31.0. The van der Waals surface area contributed by atoms with Crippen molar-refractivity contribution in [1.82, 2.24) is 9.80 Å². The Morgan fingerprint density at radius 3 is 2.28 bits per heavy atom. The standard InChI is InChI=1S/C38H58N2O3/c1-24-30-26(42-31(39(24)9)25-14-12-11-13-15-25)22-36(8)28-17-16-27-34(5,6)29(40(10)32(41)43-33(2,3)4)18-19-37(27)23-38(28,37)21-20-35(30,36)7/h11-15,24,26-31H,16-23H2,1-10H3/t24?,26-,27+,28+,29+,30?,31?,35-,36+,37-,38+/m1/s1. The highest BCUT2D eigenvalue weighted by Gasteiger charge is 2.83. The normalized spacial score (nSPS) is 48.2. The summed E-state index contributed by atoms with van der Waals surface area (Å²) in [5.74, 6) is 2.01. The van der Waals surface area contributed by atoms with Gasteiger partial charge in [0.15, 0.2) is 0 Å². The van der Waals surface area contributed by atoms with E-state index in [0.29, 0.717) is 45.6 Å². The van der Waals surface area contributed by atoms with E-state index in [1.54, 1.807) is 0 Å². The Morgan fingerprint density at radius 1 is 0.953 bits per heavy atom. The molecule has 2 spiro atoms. The zero-order valence-electron chi connectivity index (χ0n) is 28.7. The molecular formula is C38H58N2O3. The second kappa shape index (κ2) is 9.24. The van der Waals surface area contributed by atoms with E-state index in [0.717, 1.165) is 12.3 Å². The van der Waals surface area contributed by atoms with Crippen molar-refractivity contribution in [2.45, 2.75) is 137 Å². The maximum Gasteiger partial charge on any atom is 0.410 e. The number of carbonyl (C=O) groups excluding carboxylic acids is 1. The predicted octanol–water partition coefficient (Wildman–Crippen LogP) is 8.69. The summed E-state index contributed by atoms with van der Waals surface area (Å²) >= 11 is 0. The molecule has 1 saturated heterocycles. The lowest BCUT2D eigenvalue weighted by Crippen LogP contribution is -2.61. The largest absolute Gasteiger partial charge is 0.444 e. The van der Waals surface area contributed by atoms with Gasteiger partial charge in [0.2, 0.25) is 0 Å². The first-order valence-corrected chi connectivity index (χ1v) is 17.4. The fourth-order valence-corrected chi connectivity index (χ4v) is 13.2. The first-order chi connectivity index (χ1) is 20.0. The Morgan fingerprint density at radius 2 is 1.60 bits per heavy atom. The third kappa shape index (κ3) is 3.85. The molecular weight excluding hydrogens is 532 g/mol. The van der Waals surface area contributed by atoms with Crippen LogP contribution in [0.3, 0.4) is 0 Å². The molecule has 0 radical (unpaired) electrons. The lowest BCUT2D eigenvalue weighted by atomic mass is 9.41. The van der Waals surface area contributed by atoms with Crippen LogP contribution in [0.1, 0.15) is 119 Å². The van der Waals surface area contributed by atoms with Gasteiger partial charge in [0.25, 0.3) is 0 Å². The SMILES string of the molecule is CC1C2[C@@H](C[C@@]3(C)[C@@H]4CC[C@H]5C(C)(C)[C@@H](N(C)C(=O)OC(C)(C)C)CC[C@@]56C[C@@]46CC[C@]23C)OC(c2ccccc2)N1C. The summed E-state index contributed by atoms with van der Waals surface area (Å²) in [6.07, 6.45) is 10.5. The highest BCUT2D eigenvalue weighted by Crippen LogP contribution is 2.89. The molecule has 5 saturated carbocycles. The number of fused-ring (bicyclic) bond motifs is 4. The van der Waals surface area contributed by atoms with E-state index in [9.17, 15) is 4.79 Å². The maximum atomic E-state index is 13.2. The Hall–Kier alpha value is -1.59. The van der Waals surface area contributed by atoms with Gasteiger partial charge in [-0.3, -0.25) is 4.90 Å². The molecule has 1 aliphatic heterocycles. The molecule has 0 bridgehead atoms. The van der Waals surface area contributed by atoms with Crippen LogP contribution in [-0.4, -0.2) is 53.8 Å². The van der Waals surface area contributed by atoms with Crippen molar-refractivity contribution in [3.63, 3.8) is 0 Å². The molecule has 0 N–H and O–H groups in total. The molecule has 3 unspecified atom stereocenters. The van der Waals surface area contributed by atoms with Crippen LogP contribution in [0, 0.1) is 44.8 Å². The number of amides is 1. The minimum atomic E-state index is -0.468. The average Bonchev–Trinajstić information content (AvgIpc) is 3.53. The Kier molecular flexibility index (Phi) is 6.47. The van der Waals surface area contributed by atoms with Crippen molar-refractivity contribution in [2.75, 3.05) is 14.1 Å². The van der Waals surface area contributed by atoms with Gasteiger partial charge in [-0.05, 0) is 131 Å². The average molecular weight is 591 g/mol. The van der Waals surface area contributed by atoms with E-state index < -0.39 is 5.60 Å². The molecule has 11 atom stereocenters. The van der Waals surface area contributed by atoms with Crippen molar-refractivity contribution in [3.05, 3.63) is 35.9 Å². The maximum absolute atomic E-state index is 13.2. The molecule has 5 heteroatoms. The number of hydrogen-bond donors (Lipinski definition) is 0. The Balaban J connectivity index is 1.16. The number of benzene rings is 1. The van der Waals surface area contributed by atoms with Crippen LogP contribution in [0.15, 0.2) is 30.3 Å². The van der Waals surface area contributed by atoms with Gasteiger partial charge >= 0.3 is 6.09 Å². The number of hydrogen-bond acceptors (Lipinski definition) is 4. The highest BCUT2D eigenvalue weighted by molar-refractivity contribution is 5.68. The molecule has 7 rings (SSSR count). The van der Waals surface area contributed by atoms with E-state index in [2.05, 4.69) is 76.9 Å². The molecule has 6 fully saturated rings. The van der Waals surface area contributed by atoms with Crippen LogP contribution in [-0.2, 0) is 9.47 Å². The summed E-state index contributed by atoms with van der Waals surface area (Å²) in [6, 6.07) is 11.6. The second-order valence-electron chi connectivity index (χ2n) is 18.0. The molecule has 43 heavy (non-hydrogen) atoms. The van der Waals surface area contributed by atoms with E-state index in [1.807, 2.05) is 32.7 Å². The van der Waals surface area contributed by atoms with Crippen molar-refractivity contribution < 1.29 is 14.3 Å². The molecule has 1 aromatic rings. The van der Waals surface area contributed by atoms with Crippen molar-refractivity contribution in [3.8, 4) is 0 Å². The molecule has 238 valence electrons. The summed E-state index contributed by atoms with van der Waals surface area (Å²) in [5, 5.41) is 0. The number of ether oxygens (including phenoxy) is 2. The molecule has 5 aliphatic carbocycles. The van der Waals surface area contributed by atoms with E-state index >= 15 is 0 Å². The summed E-state index contributed by atoms with van der Waals surface area (Å²) in [6.45, 7) is 18.7. The van der Waals surface area contributed by atoms with Gasteiger partial charge in [0.1, 0.15) is 11.8 Å². The van der Waals surface area contributed by atoms with Crippen LogP contribution in [0.2, 0.25) is 0 Å². The number of nitrogens with zero attached hydrogens (tertiary/aromatic N) is 2. The first-order valence-electron chi connectivity index (χ1n) is 17.4. The Labute approximate surface area is 261 Å². The van der Waals surface area contributed by atoms with E-state index in [4.69, 9.17) is 9.47 Å². The molecule has 1 amide bonds. The molecule has 1 aromatic carbocycles. The third-order valence-corrected chi connectivity index (χ3v) is 15.2. The second-order valence-corrected chi connectivity index (χ2v) is 18.0. The quantitative estimate of drug-likeness (QED) is 0.346. The highest BCUT2D eigenvalue weighted by atomic mass is 16.6. The molecule has 6 aliphatic rings. The zero-order valence-corrected chi connectivity index (χ0v) is 28.7.